The third-order valence-electron chi connectivity index (χ3n) is 3.67. The van der Waals surface area contributed by atoms with Crippen molar-refractivity contribution >= 4 is 28.6 Å². The minimum absolute atomic E-state index is 0.305. The molecule has 0 radical (unpaired) electrons. The molecule has 0 aliphatic carbocycles. The summed E-state index contributed by atoms with van der Waals surface area (Å²) in [6.07, 6.45) is 3.12. The van der Waals surface area contributed by atoms with E-state index in [1.54, 1.807) is 42.7 Å². The third kappa shape index (κ3) is 3.94. The van der Waals surface area contributed by atoms with Crippen molar-refractivity contribution in [1.29, 1.82) is 0 Å². The zero-order valence-corrected chi connectivity index (χ0v) is 14.4. The highest BCUT2D eigenvalue weighted by atomic mass is 16.5. The van der Waals surface area contributed by atoms with E-state index in [9.17, 15) is 9.59 Å². The summed E-state index contributed by atoms with van der Waals surface area (Å²) in [6.45, 7) is 1.49. The highest BCUT2D eigenvalue weighted by Gasteiger charge is 2.13. The van der Waals surface area contributed by atoms with Crippen LogP contribution in [0.25, 0.3) is 11.0 Å². The van der Waals surface area contributed by atoms with Gasteiger partial charge >= 0.3 is 5.97 Å². The number of benzene rings is 2. The molecule has 1 N–H and O–H groups in total. The first-order valence-electron chi connectivity index (χ1n) is 7.89. The molecule has 3 rings (SSSR count). The van der Waals surface area contributed by atoms with Crippen molar-refractivity contribution in [1.82, 2.24) is 9.97 Å². The fourth-order valence-corrected chi connectivity index (χ4v) is 2.41. The molecule has 1 aromatic heterocycles. The van der Waals surface area contributed by atoms with Crippen LogP contribution >= 0.6 is 0 Å². The standard InChI is InChI=1S/C19H17N3O4/c1-12-3-6-17(25-2)16(9-12)22-18(23)11-26-19(24)13-4-5-14-15(10-13)21-8-7-20-14/h3-10H,11H2,1-2H3,(H,22,23). The molecule has 0 saturated carbocycles. The van der Waals surface area contributed by atoms with E-state index >= 15 is 0 Å². The molecule has 0 aliphatic rings. The first kappa shape index (κ1) is 17.3. The van der Waals surface area contributed by atoms with E-state index in [0.29, 0.717) is 28.0 Å². The van der Waals surface area contributed by atoms with Gasteiger partial charge in [0.25, 0.3) is 5.91 Å². The molecule has 132 valence electrons. The number of esters is 1. The van der Waals surface area contributed by atoms with Gasteiger partial charge in [0.15, 0.2) is 6.61 Å². The van der Waals surface area contributed by atoms with Crippen LogP contribution in [0.1, 0.15) is 15.9 Å². The predicted octanol–water partition coefficient (Wildman–Crippen LogP) is 2.74. The van der Waals surface area contributed by atoms with Crippen LogP contribution in [0, 0.1) is 6.92 Å². The Balaban J connectivity index is 1.63. The van der Waals surface area contributed by atoms with Crippen LogP contribution in [0.4, 0.5) is 5.69 Å². The van der Waals surface area contributed by atoms with Crippen molar-refractivity contribution in [2.24, 2.45) is 0 Å². The minimum atomic E-state index is -0.607. The second kappa shape index (κ2) is 7.60. The second-order valence-corrected chi connectivity index (χ2v) is 5.59. The summed E-state index contributed by atoms with van der Waals surface area (Å²) in [5.41, 5.74) is 3.05. The maximum absolute atomic E-state index is 12.1. The van der Waals surface area contributed by atoms with Crippen molar-refractivity contribution in [3.05, 3.63) is 59.9 Å². The summed E-state index contributed by atoms with van der Waals surface area (Å²) in [6, 6.07) is 10.2. The van der Waals surface area contributed by atoms with E-state index in [-0.39, 0.29) is 0 Å². The lowest BCUT2D eigenvalue weighted by atomic mass is 10.2. The fraction of sp³-hybridized carbons (Fsp3) is 0.158. The van der Waals surface area contributed by atoms with Crippen molar-refractivity contribution in [2.75, 3.05) is 19.0 Å². The van der Waals surface area contributed by atoms with Gasteiger partial charge in [-0.25, -0.2) is 4.79 Å². The van der Waals surface area contributed by atoms with Gasteiger partial charge in [-0.05, 0) is 42.8 Å². The smallest absolute Gasteiger partial charge is 0.338 e. The van der Waals surface area contributed by atoms with Crippen molar-refractivity contribution in [3.8, 4) is 5.75 Å². The number of fused-ring (bicyclic) bond motifs is 1. The number of carbonyl (C=O) groups is 2. The Labute approximate surface area is 150 Å². The number of anilines is 1. The van der Waals surface area contributed by atoms with E-state index in [1.165, 1.54) is 7.11 Å². The molecule has 7 nitrogen and oxygen atoms in total. The Kier molecular flexibility index (Phi) is 5.07. The van der Waals surface area contributed by atoms with Crippen molar-refractivity contribution < 1.29 is 19.1 Å². The lowest BCUT2D eigenvalue weighted by Crippen LogP contribution is -2.21. The van der Waals surface area contributed by atoms with E-state index in [1.807, 2.05) is 13.0 Å². The lowest BCUT2D eigenvalue weighted by Gasteiger charge is -2.11. The molecule has 7 heteroatoms. The highest BCUT2D eigenvalue weighted by molar-refractivity contribution is 5.97. The van der Waals surface area contributed by atoms with Crippen LogP contribution in [-0.2, 0) is 9.53 Å². The number of aromatic nitrogens is 2. The monoisotopic (exact) mass is 351 g/mol. The van der Waals surface area contributed by atoms with Gasteiger partial charge in [0.05, 0.1) is 29.4 Å². The molecule has 0 aliphatic heterocycles. The average Bonchev–Trinajstić information content (AvgIpc) is 2.66. The van der Waals surface area contributed by atoms with Crippen LogP contribution in [-0.4, -0.2) is 35.6 Å². The Bertz CT molecular complexity index is 972. The van der Waals surface area contributed by atoms with E-state index in [2.05, 4.69) is 15.3 Å². The summed E-state index contributed by atoms with van der Waals surface area (Å²) in [4.78, 5) is 32.5. The topological polar surface area (TPSA) is 90.4 Å². The molecule has 0 bridgehead atoms. The number of ether oxygens (including phenoxy) is 2. The van der Waals surface area contributed by atoms with Gasteiger partial charge in [-0.3, -0.25) is 14.8 Å². The van der Waals surface area contributed by atoms with Crippen LogP contribution in [0.15, 0.2) is 48.8 Å². The predicted molar refractivity (Wildman–Crippen MR) is 96.2 cm³/mol. The molecule has 0 atom stereocenters. The molecule has 0 saturated heterocycles. The minimum Gasteiger partial charge on any atom is -0.495 e. The molecule has 2 aromatic carbocycles. The van der Waals surface area contributed by atoms with Gasteiger partial charge in [0, 0.05) is 12.4 Å². The Morgan fingerprint density at radius 3 is 2.58 bits per heavy atom. The molecule has 0 fully saturated rings. The summed E-state index contributed by atoms with van der Waals surface area (Å²) in [5.74, 6) is -0.532. The summed E-state index contributed by atoms with van der Waals surface area (Å²) in [7, 11) is 1.52. The van der Waals surface area contributed by atoms with Gasteiger partial charge in [-0.15, -0.1) is 0 Å². The summed E-state index contributed by atoms with van der Waals surface area (Å²) >= 11 is 0. The molecule has 1 heterocycles. The summed E-state index contributed by atoms with van der Waals surface area (Å²) in [5, 5.41) is 2.68. The third-order valence-corrected chi connectivity index (χ3v) is 3.67. The molecular weight excluding hydrogens is 334 g/mol. The van der Waals surface area contributed by atoms with Gasteiger partial charge < -0.3 is 14.8 Å². The Morgan fingerprint density at radius 2 is 1.81 bits per heavy atom. The fourth-order valence-electron chi connectivity index (χ4n) is 2.41. The number of carbonyl (C=O) groups excluding carboxylic acids is 2. The van der Waals surface area contributed by atoms with Gasteiger partial charge in [0.2, 0.25) is 0 Å². The molecular formula is C19H17N3O4. The number of rotatable bonds is 5. The number of methoxy groups -OCH3 is 1. The van der Waals surface area contributed by atoms with Crippen molar-refractivity contribution in [2.45, 2.75) is 6.92 Å². The normalized spacial score (nSPS) is 10.4. The quantitative estimate of drug-likeness (QED) is 0.711. The van der Waals surface area contributed by atoms with Gasteiger partial charge in [-0.1, -0.05) is 6.07 Å². The van der Waals surface area contributed by atoms with Crippen LogP contribution < -0.4 is 10.1 Å². The Morgan fingerprint density at radius 1 is 1.04 bits per heavy atom. The number of nitrogens with one attached hydrogen (secondary N) is 1. The summed E-state index contributed by atoms with van der Waals surface area (Å²) < 4.78 is 10.3. The van der Waals surface area contributed by atoms with Gasteiger partial charge in [-0.2, -0.15) is 0 Å². The maximum Gasteiger partial charge on any atom is 0.338 e. The van der Waals surface area contributed by atoms with Crippen molar-refractivity contribution in [3.63, 3.8) is 0 Å². The van der Waals surface area contributed by atoms with Crippen LogP contribution in [0.3, 0.4) is 0 Å². The van der Waals surface area contributed by atoms with E-state index in [0.717, 1.165) is 5.56 Å². The maximum atomic E-state index is 12.1. The van der Waals surface area contributed by atoms with E-state index < -0.39 is 18.5 Å². The molecule has 0 spiro atoms. The van der Waals surface area contributed by atoms with E-state index in [4.69, 9.17) is 9.47 Å². The average molecular weight is 351 g/mol. The van der Waals surface area contributed by atoms with Gasteiger partial charge in [0.1, 0.15) is 5.75 Å². The first-order chi connectivity index (χ1) is 12.6. The number of hydrogen-bond donors (Lipinski definition) is 1. The molecule has 0 unspecified atom stereocenters. The zero-order valence-electron chi connectivity index (χ0n) is 14.4. The lowest BCUT2D eigenvalue weighted by molar-refractivity contribution is -0.119. The number of amides is 1. The second-order valence-electron chi connectivity index (χ2n) is 5.59. The number of aryl methyl sites for hydroxylation is 1. The first-order valence-corrected chi connectivity index (χ1v) is 7.89. The van der Waals surface area contributed by atoms with Crippen LogP contribution in [0.2, 0.25) is 0 Å². The van der Waals surface area contributed by atoms with Crippen LogP contribution in [0.5, 0.6) is 5.75 Å². The SMILES string of the molecule is COc1ccc(C)cc1NC(=O)COC(=O)c1ccc2nccnc2c1. The molecule has 1 amide bonds. The molecule has 3 aromatic rings. The number of hydrogen-bond acceptors (Lipinski definition) is 6. The number of nitrogens with zero attached hydrogens (tertiary/aromatic N) is 2. The largest absolute Gasteiger partial charge is 0.495 e. The highest BCUT2D eigenvalue weighted by Crippen LogP contribution is 2.25. The molecule has 26 heavy (non-hydrogen) atoms. The zero-order chi connectivity index (χ0) is 18.5. The Hall–Kier alpha value is -3.48.